The lowest BCUT2D eigenvalue weighted by Gasteiger charge is -2.27. The number of likely N-dealkylation sites (tertiary alicyclic amines) is 1. The third kappa shape index (κ3) is 5.82. The summed E-state index contributed by atoms with van der Waals surface area (Å²) in [5.41, 5.74) is 7.07. The van der Waals surface area contributed by atoms with E-state index in [-0.39, 0.29) is 24.7 Å². The normalized spacial score (nSPS) is 16.6. The van der Waals surface area contributed by atoms with Gasteiger partial charge >= 0.3 is 6.43 Å². The van der Waals surface area contributed by atoms with Crippen LogP contribution in [-0.4, -0.2) is 54.3 Å². The van der Waals surface area contributed by atoms with Gasteiger partial charge in [0, 0.05) is 12.1 Å². The molecule has 1 aromatic heterocycles. The third-order valence-corrected chi connectivity index (χ3v) is 7.57. The van der Waals surface area contributed by atoms with Crippen molar-refractivity contribution in [1.82, 2.24) is 15.1 Å². The van der Waals surface area contributed by atoms with Crippen molar-refractivity contribution in [3.05, 3.63) is 66.1 Å². The summed E-state index contributed by atoms with van der Waals surface area (Å²) >= 11 is 0. The predicted octanol–water partition coefficient (Wildman–Crippen LogP) is 2.96. The second kappa shape index (κ2) is 10.5. The number of primary amides is 1. The Hall–Kier alpha value is -3.38. The molecule has 0 spiro atoms. The SMILES string of the molecule is NC(=O)C1CCCN1CCS(=O)(=O)N(Cc1ccc(-c2nnc(C(F)F)o2)cc1)c1ccccc1. The minimum atomic E-state index is -3.76. The molecule has 1 amide bonds. The summed E-state index contributed by atoms with van der Waals surface area (Å²) in [4.78, 5) is 13.5. The number of nitrogens with two attached hydrogens (primary N) is 1. The maximum Gasteiger partial charge on any atom is 0.314 e. The predicted molar refractivity (Wildman–Crippen MR) is 125 cm³/mol. The van der Waals surface area contributed by atoms with Crippen LogP contribution in [0.5, 0.6) is 0 Å². The quantitative estimate of drug-likeness (QED) is 0.449. The highest BCUT2D eigenvalue weighted by molar-refractivity contribution is 7.92. The second-order valence-electron chi connectivity index (χ2n) is 8.20. The fourth-order valence-corrected chi connectivity index (χ4v) is 5.54. The Balaban J connectivity index is 1.52. The Bertz CT molecular complexity index is 1250. The number of carbonyl (C=O) groups is 1. The first kappa shape index (κ1) is 24.7. The van der Waals surface area contributed by atoms with Crippen LogP contribution in [0, 0.1) is 0 Å². The molecule has 0 bridgehead atoms. The first-order valence-electron chi connectivity index (χ1n) is 11.0. The summed E-state index contributed by atoms with van der Waals surface area (Å²) in [6, 6.07) is 14.8. The smallest absolute Gasteiger partial charge is 0.314 e. The molecular weight excluding hydrogens is 480 g/mol. The van der Waals surface area contributed by atoms with Crippen molar-refractivity contribution >= 4 is 21.6 Å². The first-order chi connectivity index (χ1) is 16.7. The van der Waals surface area contributed by atoms with Crippen LogP contribution >= 0.6 is 0 Å². The molecule has 2 N–H and O–H groups in total. The second-order valence-corrected chi connectivity index (χ2v) is 10.2. The van der Waals surface area contributed by atoms with Crippen LogP contribution in [0.4, 0.5) is 14.5 Å². The summed E-state index contributed by atoms with van der Waals surface area (Å²) in [7, 11) is -3.76. The number of para-hydroxylation sites is 1. The Morgan fingerprint density at radius 3 is 2.49 bits per heavy atom. The monoisotopic (exact) mass is 505 g/mol. The zero-order valence-corrected chi connectivity index (χ0v) is 19.6. The number of hydrogen-bond acceptors (Lipinski definition) is 7. The van der Waals surface area contributed by atoms with Crippen molar-refractivity contribution in [2.45, 2.75) is 31.9 Å². The van der Waals surface area contributed by atoms with Crippen LogP contribution in [0.15, 0.2) is 59.0 Å². The van der Waals surface area contributed by atoms with Gasteiger partial charge in [-0.15, -0.1) is 10.2 Å². The van der Waals surface area contributed by atoms with Crippen LogP contribution in [-0.2, 0) is 21.4 Å². The molecule has 0 radical (unpaired) electrons. The highest BCUT2D eigenvalue weighted by Gasteiger charge is 2.31. The van der Waals surface area contributed by atoms with Gasteiger partial charge in [-0.2, -0.15) is 8.78 Å². The van der Waals surface area contributed by atoms with Crippen molar-refractivity contribution in [2.24, 2.45) is 5.73 Å². The summed E-state index contributed by atoms with van der Waals surface area (Å²) in [5, 5.41) is 6.94. The van der Waals surface area contributed by atoms with E-state index in [1.54, 1.807) is 54.6 Å². The number of nitrogens with zero attached hydrogens (tertiary/aromatic N) is 4. The molecule has 3 aromatic rings. The van der Waals surface area contributed by atoms with Crippen LogP contribution in [0.3, 0.4) is 0 Å². The summed E-state index contributed by atoms with van der Waals surface area (Å²) in [6.45, 7) is 0.874. The topological polar surface area (TPSA) is 123 Å². The Labute approximate surface area is 201 Å². The van der Waals surface area contributed by atoms with Crippen molar-refractivity contribution in [3.63, 3.8) is 0 Å². The molecule has 1 saturated heterocycles. The van der Waals surface area contributed by atoms with Crippen LogP contribution in [0.1, 0.15) is 30.7 Å². The molecule has 12 heteroatoms. The number of alkyl halides is 2. The van der Waals surface area contributed by atoms with Gasteiger partial charge in [-0.1, -0.05) is 30.3 Å². The van der Waals surface area contributed by atoms with Gasteiger partial charge < -0.3 is 10.2 Å². The molecular formula is C23H25F2N5O4S. The van der Waals surface area contributed by atoms with Crippen LogP contribution in [0.25, 0.3) is 11.5 Å². The van der Waals surface area contributed by atoms with Gasteiger partial charge in [0.25, 0.3) is 5.89 Å². The number of rotatable bonds is 10. The molecule has 1 fully saturated rings. The maximum absolute atomic E-state index is 13.4. The van der Waals surface area contributed by atoms with Crippen LogP contribution < -0.4 is 10.0 Å². The minimum Gasteiger partial charge on any atom is -0.415 e. The van der Waals surface area contributed by atoms with Crippen molar-refractivity contribution in [3.8, 4) is 11.5 Å². The maximum atomic E-state index is 13.4. The molecule has 0 saturated carbocycles. The van der Waals surface area contributed by atoms with Crippen molar-refractivity contribution < 1.29 is 26.4 Å². The minimum absolute atomic E-state index is 0.0472. The van der Waals surface area contributed by atoms with E-state index in [2.05, 4.69) is 10.2 Å². The van der Waals surface area contributed by atoms with Gasteiger partial charge in [0.2, 0.25) is 21.8 Å². The fraction of sp³-hybridized carbons (Fsp3) is 0.348. The molecule has 1 unspecified atom stereocenters. The molecule has 4 rings (SSSR count). The highest BCUT2D eigenvalue weighted by Crippen LogP contribution is 2.26. The molecule has 1 atom stereocenters. The van der Waals surface area contributed by atoms with Crippen LogP contribution in [0.2, 0.25) is 0 Å². The molecule has 0 aliphatic carbocycles. The van der Waals surface area contributed by atoms with E-state index in [9.17, 15) is 22.0 Å². The molecule has 9 nitrogen and oxygen atoms in total. The molecule has 2 heterocycles. The Kier molecular flexibility index (Phi) is 7.41. The number of carbonyl (C=O) groups excluding carboxylic acids is 1. The van der Waals surface area contributed by atoms with E-state index in [1.807, 2.05) is 4.90 Å². The lowest BCUT2D eigenvalue weighted by Crippen LogP contribution is -2.44. The van der Waals surface area contributed by atoms with Crippen molar-refractivity contribution in [1.29, 1.82) is 0 Å². The zero-order valence-electron chi connectivity index (χ0n) is 18.8. The van der Waals surface area contributed by atoms with Gasteiger partial charge in [0.05, 0.1) is 24.0 Å². The average Bonchev–Trinajstić information content (AvgIpc) is 3.52. The van der Waals surface area contributed by atoms with E-state index < -0.39 is 34.3 Å². The molecule has 35 heavy (non-hydrogen) atoms. The zero-order chi connectivity index (χ0) is 25.0. The van der Waals surface area contributed by atoms with E-state index in [1.165, 1.54) is 4.31 Å². The standard InChI is InChI=1S/C23H25F2N5O4S/c24-20(25)23-28-27-22(34-23)17-10-8-16(9-11-17)15-30(18-5-2-1-3-6-18)35(32,33)14-13-29-12-4-7-19(29)21(26)31/h1-3,5-6,8-11,19-20H,4,7,12-15H2,(H2,26,31). The Morgan fingerprint density at radius 2 is 1.86 bits per heavy atom. The van der Waals surface area contributed by atoms with Gasteiger partial charge in [0.15, 0.2) is 0 Å². The van der Waals surface area contributed by atoms with Gasteiger partial charge in [-0.05, 0) is 49.2 Å². The number of aromatic nitrogens is 2. The number of benzene rings is 2. The molecule has 1 aliphatic heterocycles. The Morgan fingerprint density at radius 1 is 1.14 bits per heavy atom. The van der Waals surface area contributed by atoms with E-state index in [4.69, 9.17) is 10.2 Å². The number of anilines is 1. The summed E-state index contributed by atoms with van der Waals surface area (Å²) in [5.74, 6) is -1.43. The van der Waals surface area contributed by atoms with Gasteiger partial charge in [-0.25, -0.2) is 8.42 Å². The van der Waals surface area contributed by atoms with Gasteiger partial charge in [0.1, 0.15) is 0 Å². The van der Waals surface area contributed by atoms with Crippen molar-refractivity contribution in [2.75, 3.05) is 23.1 Å². The number of hydrogen-bond donors (Lipinski definition) is 1. The van der Waals surface area contributed by atoms with Gasteiger partial charge in [-0.3, -0.25) is 14.0 Å². The van der Waals surface area contributed by atoms with E-state index in [0.29, 0.717) is 29.8 Å². The lowest BCUT2D eigenvalue weighted by molar-refractivity contribution is -0.122. The average molecular weight is 506 g/mol. The first-order valence-corrected chi connectivity index (χ1v) is 12.7. The highest BCUT2D eigenvalue weighted by atomic mass is 32.2. The van der Waals surface area contributed by atoms with E-state index in [0.717, 1.165) is 6.42 Å². The largest absolute Gasteiger partial charge is 0.415 e. The summed E-state index contributed by atoms with van der Waals surface area (Å²) < 4.78 is 58.5. The molecule has 1 aliphatic rings. The number of halogens is 2. The summed E-state index contributed by atoms with van der Waals surface area (Å²) in [6.07, 6.45) is -1.44. The third-order valence-electron chi connectivity index (χ3n) is 5.86. The lowest BCUT2D eigenvalue weighted by atomic mass is 10.1. The van der Waals surface area contributed by atoms with E-state index >= 15 is 0 Å². The number of sulfonamides is 1. The molecule has 2 aromatic carbocycles. The molecule has 186 valence electrons. The fourth-order valence-electron chi connectivity index (χ4n) is 4.06. The number of amides is 1.